The Balaban J connectivity index is 2.19. The van der Waals surface area contributed by atoms with Crippen molar-refractivity contribution in [1.82, 2.24) is 4.31 Å². The lowest BCUT2D eigenvalue weighted by atomic mass is 10.1. The van der Waals surface area contributed by atoms with Crippen molar-refractivity contribution in [1.29, 1.82) is 0 Å². The van der Waals surface area contributed by atoms with Gasteiger partial charge in [-0.3, -0.25) is 0 Å². The number of rotatable bonds is 4. The van der Waals surface area contributed by atoms with Gasteiger partial charge in [-0.05, 0) is 30.5 Å². The van der Waals surface area contributed by atoms with Gasteiger partial charge in [0.05, 0.1) is 4.90 Å². The Labute approximate surface area is 109 Å². The highest BCUT2D eigenvalue weighted by molar-refractivity contribution is 7.89. The fraction of sp³-hybridized carbons (Fsp3) is 0.538. The molecular formula is C13H20N2O2S. The molecule has 0 aliphatic carbocycles. The summed E-state index contributed by atoms with van der Waals surface area (Å²) in [7, 11) is -3.35. The van der Waals surface area contributed by atoms with Gasteiger partial charge in [0.2, 0.25) is 10.0 Å². The normalized spacial score (nSPS) is 21.3. The first-order valence-corrected chi connectivity index (χ1v) is 7.82. The molecule has 0 aromatic heterocycles. The minimum absolute atomic E-state index is 0.0286. The van der Waals surface area contributed by atoms with Crippen molar-refractivity contribution < 1.29 is 8.42 Å². The molecule has 1 atom stereocenters. The van der Waals surface area contributed by atoms with E-state index in [1.807, 2.05) is 12.1 Å². The predicted molar refractivity (Wildman–Crippen MR) is 71.8 cm³/mol. The number of nitrogens with zero attached hydrogens (tertiary/aromatic N) is 1. The van der Waals surface area contributed by atoms with Crippen LogP contribution in [0.3, 0.4) is 0 Å². The molecule has 100 valence electrons. The summed E-state index contributed by atoms with van der Waals surface area (Å²) in [5.74, 6) is 0. The van der Waals surface area contributed by atoms with Crippen molar-refractivity contribution in [3.05, 3.63) is 29.8 Å². The minimum Gasteiger partial charge on any atom is -0.326 e. The zero-order valence-corrected chi connectivity index (χ0v) is 11.5. The van der Waals surface area contributed by atoms with Gasteiger partial charge >= 0.3 is 0 Å². The van der Waals surface area contributed by atoms with Crippen LogP contribution < -0.4 is 5.73 Å². The second-order valence-corrected chi connectivity index (χ2v) is 6.74. The Hall–Kier alpha value is -0.910. The molecule has 0 spiro atoms. The molecular weight excluding hydrogens is 248 g/mol. The van der Waals surface area contributed by atoms with Crippen molar-refractivity contribution in [3.63, 3.8) is 0 Å². The SMILES string of the molecule is CCCc1ccc(S(=O)(=O)N2CC[C@@H](N)C2)cc1. The van der Waals surface area contributed by atoms with Crippen LogP contribution in [0.2, 0.25) is 0 Å². The average molecular weight is 268 g/mol. The summed E-state index contributed by atoms with van der Waals surface area (Å²) in [5, 5.41) is 0. The average Bonchev–Trinajstić information content (AvgIpc) is 2.78. The van der Waals surface area contributed by atoms with Gasteiger partial charge in [-0.2, -0.15) is 4.31 Å². The molecule has 0 unspecified atom stereocenters. The number of hydrogen-bond donors (Lipinski definition) is 1. The maximum atomic E-state index is 12.3. The Bertz CT molecular complexity index is 496. The van der Waals surface area contributed by atoms with Crippen LogP contribution in [0.25, 0.3) is 0 Å². The van der Waals surface area contributed by atoms with Crippen LogP contribution in [0.5, 0.6) is 0 Å². The van der Waals surface area contributed by atoms with Crippen LogP contribution >= 0.6 is 0 Å². The quantitative estimate of drug-likeness (QED) is 0.897. The molecule has 1 aromatic rings. The van der Waals surface area contributed by atoms with Gasteiger partial charge in [0, 0.05) is 19.1 Å². The minimum atomic E-state index is -3.35. The lowest BCUT2D eigenvalue weighted by molar-refractivity contribution is 0.472. The molecule has 2 rings (SSSR count). The molecule has 1 heterocycles. The third-order valence-corrected chi connectivity index (χ3v) is 5.17. The zero-order chi connectivity index (χ0) is 13.2. The molecule has 1 aliphatic heterocycles. The third-order valence-electron chi connectivity index (χ3n) is 3.29. The summed E-state index contributed by atoms with van der Waals surface area (Å²) in [4.78, 5) is 0.372. The number of nitrogens with two attached hydrogens (primary N) is 1. The van der Waals surface area contributed by atoms with E-state index >= 15 is 0 Å². The summed E-state index contributed by atoms with van der Waals surface area (Å²) in [6.07, 6.45) is 2.79. The molecule has 1 saturated heterocycles. The van der Waals surface area contributed by atoms with Crippen molar-refractivity contribution in [2.24, 2.45) is 5.73 Å². The smallest absolute Gasteiger partial charge is 0.243 e. The third kappa shape index (κ3) is 2.74. The summed E-state index contributed by atoms with van der Waals surface area (Å²) >= 11 is 0. The van der Waals surface area contributed by atoms with Gasteiger partial charge in [0.1, 0.15) is 0 Å². The van der Waals surface area contributed by atoms with Gasteiger partial charge in [0.15, 0.2) is 0 Å². The Morgan fingerprint density at radius 2 is 2.00 bits per heavy atom. The number of hydrogen-bond acceptors (Lipinski definition) is 3. The molecule has 1 aliphatic rings. The molecule has 4 nitrogen and oxygen atoms in total. The van der Waals surface area contributed by atoms with E-state index < -0.39 is 10.0 Å². The maximum absolute atomic E-state index is 12.3. The molecule has 0 radical (unpaired) electrons. The van der Waals surface area contributed by atoms with Crippen molar-refractivity contribution >= 4 is 10.0 Å². The molecule has 1 fully saturated rings. The van der Waals surface area contributed by atoms with Crippen molar-refractivity contribution in [2.75, 3.05) is 13.1 Å². The monoisotopic (exact) mass is 268 g/mol. The second-order valence-electron chi connectivity index (χ2n) is 4.81. The highest BCUT2D eigenvalue weighted by Gasteiger charge is 2.30. The van der Waals surface area contributed by atoms with E-state index in [1.165, 1.54) is 9.87 Å². The number of sulfonamides is 1. The van der Waals surface area contributed by atoms with E-state index in [9.17, 15) is 8.42 Å². The molecule has 0 amide bonds. The number of benzene rings is 1. The summed E-state index contributed by atoms with van der Waals surface area (Å²) in [6.45, 7) is 3.07. The van der Waals surface area contributed by atoms with E-state index in [1.54, 1.807) is 12.1 Å². The van der Waals surface area contributed by atoms with Gasteiger partial charge < -0.3 is 5.73 Å². The van der Waals surface area contributed by atoms with Gasteiger partial charge in [-0.1, -0.05) is 25.5 Å². The lowest BCUT2D eigenvalue weighted by Crippen LogP contribution is -2.31. The van der Waals surface area contributed by atoms with E-state index in [4.69, 9.17) is 5.73 Å². The zero-order valence-electron chi connectivity index (χ0n) is 10.7. The van der Waals surface area contributed by atoms with Crippen molar-refractivity contribution in [3.8, 4) is 0 Å². The fourth-order valence-corrected chi connectivity index (χ4v) is 3.75. The summed E-state index contributed by atoms with van der Waals surface area (Å²) < 4.78 is 26.1. The van der Waals surface area contributed by atoms with Gasteiger partial charge in [-0.25, -0.2) is 8.42 Å². The maximum Gasteiger partial charge on any atom is 0.243 e. The van der Waals surface area contributed by atoms with Crippen LogP contribution in [0.1, 0.15) is 25.3 Å². The fourth-order valence-electron chi connectivity index (χ4n) is 2.24. The number of aryl methyl sites for hydroxylation is 1. The van der Waals surface area contributed by atoms with Crippen molar-refractivity contribution in [2.45, 2.75) is 37.1 Å². The highest BCUT2D eigenvalue weighted by atomic mass is 32.2. The Morgan fingerprint density at radius 1 is 1.33 bits per heavy atom. The molecule has 1 aromatic carbocycles. The topological polar surface area (TPSA) is 63.4 Å². The van der Waals surface area contributed by atoms with Gasteiger partial charge in [0.25, 0.3) is 0 Å². The summed E-state index contributed by atoms with van der Waals surface area (Å²) in [6, 6.07) is 7.16. The first kappa shape index (κ1) is 13.5. The van der Waals surface area contributed by atoms with E-state index in [0.717, 1.165) is 19.3 Å². The largest absolute Gasteiger partial charge is 0.326 e. The van der Waals surface area contributed by atoms with E-state index in [0.29, 0.717) is 18.0 Å². The van der Waals surface area contributed by atoms with Crippen LogP contribution in [0.4, 0.5) is 0 Å². The predicted octanol–water partition coefficient (Wildman–Crippen LogP) is 1.36. The van der Waals surface area contributed by atoms with E-state index in [2.05, 4.69) is 6.92 Å². The molecule has 0 saturated carbocycles. The van der Waals surface area contributed by atoms with Gasteiger partial charge in [-0.15, -0.1) is 0 Å². The van der Waals surface area contributed by atoms with Crippen LogP contribution in [0, 0.1) is 0 Å². The lowest BCUT2D eigenvalue weighted by Gasteiger charge is -2.16. The van der Waals surface area contributed by atoms with Crippen LogP contribution in [-0.4, -0.2) is 31.9 Å². The second kappa shape index (κ2) is 5.38. The standard InChI is InChI=1S/C13H20N2O2S/c1-2-3-11-4-6-13(7-5-11)18(16,17)15-9-8-12(14)10-15/h4-7,12H,2-3,8-10,14H2,1H3/t12-/m1/s1. The molecule has 5 heteroatoms. The molecule has 2 N–H and O–H groups in total. The Morgan fingerprint density at radius 3 is 2.50 bits per heavy atom. The van der Waals surface area contributed by atoms with E-state index in [-0.39, 0.29) is 6.04 Å². The first-order valence-electron chi connectivity index (χ1n) is 6.38. The Kier molecular flexibility index (Phi) is 4.04. The van der Waals surface area contributed by atoms with Crippen LogP contribution in [-0.2, 0) is 16.4 Å². The molecule has 0 bridgehead atoms. The van der Waals surface area contributed by atoms with Crippen LogP contribution in [0.15, 0.2) is 29.2 Å². The molecule has 18 heavy (non-hydrogen) atoms. The highest BCUT2D eigenvalue weighted by Crippen LogP contribution is 2.21. The first-order chi connectivity index (χ1) is 8.54. The summed E-state index contributed by atoms with van der Waals surface area (Å²) in [5.41, 5.74) is 6.93.